The zero-order valence-corrected chi connectivity index (χ0v) is 15.7. The Kier molecular flexibility index (Phi) is 5.83. The molecule has 9 nitrogen and oxygen atoms in total. The molecule has 1 aromatic carbocycles. The first-order chi connectivity index (χ1) is 13.5. The Morgan fingerprint density at radius 1 is 0.964 bits per heavy atom. The van der Waals surface area contributed by atoms with Gasteiger partial charge in [0.1, 0.15) is 0 Å². The molecule has 0 atom stereocenters. The van der Waals surface area contributed by atoms with Crippen LogP contribution in [0.1, 0.15) is 27.8 Å². The molecule has 0 bridgehead atoms. The highest BCUT2D eigenvalue weighted by Crippen LogP contribution is 2.20. The molecule has 9 heteroatoms. The van der Waals surface area contributed by atoms with Gasteiger partial charge in [-0.05, 0) is 24.3 Å². The molecule has 0 unspecified atom stereocenters. The number of benzene rings is 1. The first-order valence-corrected chi connectivity index (χ1v) is 8.82. The number of esters is 1. The summed E-state index contributed by atoms with van der Waals surface area (Å²) in [7, 11) is 1.32. The summed E-state index contributed by atoms with van der Waals surface area (Å²) in [5.41, 5.74) is 1.13. The lowest BCUT2D eigenvalue weighted by Gasteiger charge is -2.33. The van der Waals surface area contributed by atoms with Gasteiger partial charge in [-0.1, -0.05) is 12.1 Å². The van der Waals surface area contributed by atoms with E-state index in [9.17, 15) is 14.4 Å². The van der Waals surface area contributed by atoms with Crippen molar-refractivity contribution in [3.8, 4) is 0 Å². The van der Waals surface area contributed by atoms with Gasteiger partial charge in [-0.15, -0.1) is 10.2 Å². The van der Waals surface area contributed by atoms with E-state index in [0.717, 1.165) is 0 Å². The number of hydrogen-bond donors (Lipinski definition) is 1. The molecule has 2 heterocycles. The molecule has 2 aromatic rings. The van der Waals surface area contributed by atoms with E-state index in [1.54, 1.807) is 46.2 Å². The number of methoxy groups -OCH3 is 1. The van der Waals surface area contributed by atoms with Crippen molar-refractivity contribution in [2.24, 2.45) is 0 Å². The molecule has 1 aliphatic rings. The lowest BCUT2D eigenvalue weighted by Crippen LogP contribution is -2.50. The minimum absolute atomic E-state index is 0.00885. The molecule has 1 saturated heterocycles. The Balaban J connectivity index is 1.67. The third-order valence-corrected chi connectivity index (χ3v) is 4.49. The molecule has 146 valence electrons. The quantitative estimate of drug-likeness (QED) is 0.794. The number of anilines is 2. The number of aromatic nitrogens is 2. The number of para-hydroxylation sites is 1. The highest BCUT2D eigenvalue weighted by Gasteiger charge is 2.24. The standard InChI is InChI=1S/C19H21N5O4/c1-13(25)23-9-11-24(12-10-23)18(26)16-7-8-17(22-21-16)20-15-6-4-3-5-14(15)19(27)28-2/h3-8H,9-12H2,1-2H3,(H,20,22). The van der Waals surface area contributed by atoms with Gasteiger partial charge in [0.2, 0.25) is 5.91 Å². The molecule has 0 radical (unpaired) electrons. The molecule has 1 fully saturated rings. The van der Waals surface area contributed by atoms with Crippen LogP contribution in [-0.4, -0.2) is 71.1 Å². The van der Waals surface area contributed by atoms with Gasteiger partial charge in [0.25, 0.3) is 5.91 Å². The maximum atomic E-state index is 12.6. The third kappa shape index (κ3) is 4.25. The summed E-state index contributed by atoms with van der Waals surface area (Å²) in [6.07, 6.45) is 0. The fourth-order valence-electron chi connectivity index (χ4n) is 2.92. The van der Waals surface area contributed by atoms with Crippen molar-refractivity contribution < 1.29 is 19.1 Å². The van der Waals surface area contributed by atoms with Crippen LogP contribution in [0.25, 0.3) is 0 Å². The van der Waals surface area contributed by atoms with Crippen molar-refractivity contribution in [3.05, 3.63) is 47.7 Å². The second-order valence-corrected chi connectivity index (χ2v) is 6.26. The summed E-state index contributed by atoms with van der Waals surface area (Å²) >= 11 is 0. The van der Waals surface area contributed by atoms with E-state index in [1.165, 1.54) is 14.0 Å². The highest BCUT2D eigenvalue weighted by molar-refractivity contribution is 5.96. The van der Waals surface area contributed by atoms with E-state index < -0.39 is 5.97 Å². The van der Waals surface area contributed by atoms with Gasteiger partial charge in [-0.2, -0.15) is 0 Å². The summed E-state index contributed by atoms with van der Waals surface area (Å²) in [5.74, 6) is -0.284. The van der Waals surface area contributed by atoms with Gasteiger partial charge < -0.3 is 19.9 Å². The molecule has 0 spiro atoms. The van der Waals surface area contributed by atoms with Gasteiger partial charge in [0.05, 0.1) is 18.4 Å². The monoisotopic (exact) mass is 383 g/mol. The smallest absolute Gasteiger partial charge is 0.339 e. The Hall–Kier alpha value is -3.49. The fraction of sp³-hybridized carbons (Fsp3) is 0.316. The molecular weight excluding hydrogens is 362 g/mol. The van der Waals surface area contributed by atoms with Crippen LogP contribution in [0.3, 0.4) is 0 Å². The summed E-state index contributed by atoms with van der Waals surface area (Å²) < 4.78 is 4.77. The fourth-order valence-corrected chi connectivity index (χ4v) is 2.92. The van der Waals surface area contributed by atoms with E-state index in [1.807, 2.05) is 0 Å². The summed E-state index contributed by atoms with van der Waals surface area (Å²) in [6.45, 7) is 3.48. The van der Waals surface area contributed by atoms with E-state index in [-0.39, 0.29) is 17.5 Å². The Morgan fingerprint density at radius 3 is 2.25 bits per heavy atom. The highest BCUT2D eigenvalue weighted by atomic mass is 16.5. The Labute approximate surface area is 162 Å². The number of amides is 2. The number of nitrogens with one attached hydrogen (secondary N) is 1. The lowest BCUT2D eigenvalue weighted by atomic mass is 10.2. The Morgan fingerprint density at radius 2 is 1.64 bits per heavy atom. The van der Waals surface area contributed by atoms with Gasteiger partial charge in [-0.3, -0.25) is 9.59 Å². The van der Waals surface area contributed by atoms with Crippen LogP contribution >= 0.6 is 0 Å². The number of carbonyl (C=O) groups is 3. The van der Waals surface area contributed by atoms with Crippen molar-refractivity contribution >= 4 is 29.3 Å². The predicted octanol–water partition coefficient (Wildman–Crippen LogP) is 1.31. The van der Waals surface area contributed by atoms with Crippen molar-refractivity contribution in [1.29, 1.82) is 0 Å². The topological polar surface area (TPSA) is 105 Å². The third-order valence-electron chi connectivity index (χ3n) is 4.49. The first-order valence-electron chi connectivity index (χ1n) is 8.82. The van der Waals surface area contributed by atoms with Crippen LogP contribution in [-0.2, 0) is 9.53 Å². The van der Waals surface area contributed by atoms with Crippen LogP contribution < -0.4 is 5.32 Å². The van der Waals surface area contributed by atoms with Gasteiger partial charge >= 0.3 is 5.97 Å². The zero-order chi connectivity index (χ0) is 20.1. The van der Waals surface area contributed by atoms with Crippen molar-refractivity contribution in [1.82, 2.24) is 20.0 Å². The SMILES string of the molecule is COC(=O)c1ccccc1Nc1ccc(C(=O)N2CCN(C(C)=O)CC2)nn1. The molecule has 28 heavy (non-hydrogen) atoms. The summed E-state index contributed by atoms with van der Waals surface area (Å²) in [4.78, 5) is 39.1. The maximum absolute atomic E-state index is 12.6. The molecule has 1 aromatic heterocycles. The van der Waals surface area contributed by atoms with Crippen LogP contribution in [0.4, 0.5) is 11.5 Å². The van der Waals surface area contributed by atoms with Gasteiger partial charge in [-0.25, -0.2) is 4.79 Å². The molecule has 1 aliphatic heterocycles. The minimum atomic E-state index is -0.465. The van der Waals surface area contributed by atoms with Crippen LogP contribution in [0, 0.1) is 0 Å². The Bertz CT molecular complexity index is 876. The van der Waals surface area contributed by atoms with Crippen molar-refractivity contribution in [3.63, 3.8) is 0 Å². The molecular formula is C19H21N5O4. The van der Waals surface area contributed by atoms with E-state index >= 15 is 0 Å². The molecule has 0 aliphatic carbocycles. The normalized spacial score (nSPS) is 13.8. The average Bonchev–Trinajstić information content (AvgIpc) is 2.73. The lowest BCUT2D eigenvalue weighted by molar-refractivity contribution is -0.130. The van der Waals surface area contributed by atoms with E-state index in [2.05, 4.69) is 15.5 Å². The number of piperazine rings is 1. The van der Waals surface area contributed by atoms with Gasteiger partial charge in [0.15, 0.2) is 11.5 Å². The minimum Gasteiger partial charge on any atom is -0.465 e. The molecule has 0 saturated carbocycles. The zero-order valence-electron chi connectivity index (χ0n) is 15.7. The second kappa shape index (κ2) is 8.47. The predicted molar refractivity (Wildman–Crippen MR) is 101 cm³/mol. The van der Waals surface area contributed by atoms with E-state index in [0.29, 0.717) is 43.2 Å². The van der Waals surface area contributed by atoms with Crippen LogP contribution in [0.15, 0.2) is 36.4 Å². The number of carbonyl (C=O) groups excluding carboxylic acids is 3. The number of hydrogen-bond acceptors (Lipinski definition) is 7. The van der Waals surface area contributed by atoms with Gasteiger partial charge in [0, 0.05) is 33.1 Å². The molecule has 2 amide bonds. The number of rotatable bonds is 4. The molecule has 1 N–H and O–H groups in total. The maximum Gasteiger partial charge on any atom is 0.339 e. The van der Waals surface area contributed by atoms with Crippen LogP contribution in [0.2, 0.25) is 0 Å². The number of nitrogens with zero attached hydrogens (tertiary/aromatic N) is 4. The first kappa shape index (κ1) is 19.3. The van der Waals surface area contributed by atoms with E-state index in [4.69, 9.17) is 4.74 Å². The molecule has 3 rings (SSSR count). The number of ether oxygens (including phenoxy) is 1. The van der Waals surface area contributed by atoms with Crippen molar-refractivity contribution in [2.45, 2.75) is 6.92 Å². The second-order valence-electron chi connectivity index (χ2n) is 6.26. The van der Waals surface area contributed by atoms with Crippen molar-refractivity contribution in [2.75, 3.05) is 38.6 Å². The summed E-state index contributed by atoms with van der Waals surface area (Å²) in [6, 6.07) is 10.1. The average molecular weight is 383 g/mol. The van der Waals surface area contributed by atoms with Crippen LogP contribution in [0.5, 0.6) is 0 Å². The largest absolute Gasteiger partial charge is 0.465 e. The summed E-state index contributed by atoms with van der Waals surface area (Å²) in [5, 5.41) is 11.0.